The summed E-state index contributed by atoms with van der Waals surface area (Å²) in [6.45, 7) is 6.55. The number of H-pyrrole nitrogens is 1. The zero-order valence-electron chi connectivity index (χ0n) is 10.6. The van der Waals surface area contributed by atoms with Gasteiger partial charge in [-0.15, -0.1) is 0 Å². The second kappa shape index (κ2) is 4.44. The number of hydrogen-bond donors (Lipinski definition) is 1. The molecule has 0 radical (unpaired) electrons. The SMILES string of the molecule is CC(C)N1CCc2[nH]c3c(Cl)cc(Cl)cc3c2C1. The van der Waals surface area contributed by atoms with Crippen molar-refractivity contribution in [2.24, 2.45) is 0 Å². The Labute approximate surface area is 117 Å². The van der Waals surface area contributed by atoms with Crippen molar-refractivity contribution in [3.8, 4) is 0 Å². The molecule has 0 fully saturated rings. The molecule has 2 heterocycles. The van der Waals surface area contributed by atoms with E-state index in [2.05, 4.69) is 23.7 Å². The highest BCUT2D eigenvalue weighted by atomic mass is 35.5. The molecule has 0 atom stereocenters. The molecule has 1 aliphatic heterocycles. The molecule has 1 aromatic carbocycles. The molecule has 3 rings (SSSR count). The molecule has 2 aromatic rings. The summed E-state index contributed by atoms with van der Waals surface area (Å²) in [6.07, 6.45) is 1.05. The van der Waals surface area contributed by atoms with Crippen molar-refractivity contribution in [2.75, 3.05) is 6.54 Å². The molecular weight excluding hydrogens is 267 g/mol. The van der Waals surface area contributed by atoms with Gasteiger partial charge in [-0.25, -0.2) is 0 Å². The van der Waals surface area contributed by atoms with Crippen molar-refractivity contribution in [3.05, 3.63) is 33.4 Å². The van der Waals surface area contributed by atoms with Crippen LogP contribution in [0.15, 0.2) is 12.1 Å². The number of rotatable bonds is 1. The van der Waals surface area contributed by atoms with E-state index in [0.29, 0.717) is 16.1 Å². The number of nitrogens with zero attached hydrogens (tertiary/aromatic N) is 1. The monoisotopic (exact) mass is 282 g/mol. The van der Waals surface area contributed by atoms with Crippen molar-refractivity contribution >= 4 is 34.1 Å². The van der Waals surface area contributed by atoms with Crippen LogP contribution >= 0.6 is 23.2 Å². The highest BCUT2D eigenvalue weighted by molar-refractivity contribution is 6.38. The highest BCUT2D eigenvalue weighted by Crippen LogP contribution is 2.34. The molecule has 0 amide bonds. The molecule has 0 bridgehead atoms. The first kappa shape index (κ1) is 12.3. The predicted molar refractivity (Wildman–Crippen MR) is 77.6 cm³/mol. The fraction of sp³-hybridized carbons (Fsp3) is 0.429. The van der Waals surface area contributed by atoms with Gasteiger partial charge in [0.25, 0.3) is 0 Å². The fourth-order valence-electron chi connectivity index (χ4n) is 2.70. The van der Waals surface area contributed by atoms with E-state index in [1.807, 2.05) is 6.07 Å². The zero-order valence-corrected chi connectivity index (χ0v) is 12.1. The zero-order chi connectivity index (χ0) is 12.9. The number of benzene rings is 1. The number of aromatic amines is 1. The normalized spacial score (nSPS) is 16.5. The maximum absolute atomic E-state index is 6.25. The summed E-state index contributed by atoms with van der Waals surface area (Å²) in [5.41, 5.74) is 3.69. The van der Waals surface area contributed by atoms with E-state index in [1.54, 1.807) is 6.07 Å². The first-order valence-electron chi connectivity index (χ1n) is 6.29. The first-order chi connectivity index (χ1) is 8.56. The molecule has 96 valence electrons. The van der Waals surface area contributed by atoms with Gasteiger partial charge in [0, 0.05) is 41.7 Å². The number of nitrogens with one attached hydrogen (secondary N) is 1. The maximum Gasteiger partial charge on any atom is 0.0662 e. The topological polar surface area (TPSA) is 19.0 Å². The van der Waals surface area contributed by atoms with Gasteiger partial charge in [0.15, 0.2) is 0 Å². The van der Waals surface area contributed by atoms with E-state index < -0.39 is 0 Å². The Balaban J connectivity index is 2.15. The molecule has 0 spiro atoms. The number of fused-ring (bicyclic) bond motifs is 3. The lowest BCUT2D eigenvalue weighted by Gasteiger charge is -2.30. The van der Waals surface area contributed by atoms with Crippen LogP contribution in [0.2, 0.25) is 10.0 Å². The average molecular weight is 283 g/mol. The first-order valence-corrected chi connectivity index (χ1v) is 7.04. The lowest BCUT2D eigenvalue weighted by atomic mass is 10.0. The van der Waals surface area contributed by atoms with E-state index in [9.17, 15) is 0 Å². The van der Waals surface area contributed by atoms with Crippen molar-refractivity contribution < 1.29 is 0 Å². The van der Waals surface area contributed by atoms with Crippen molar-refractivity contribution in [2.45, 2.75) is 32.9 Å². The van der Waals surface area contributed by atoms with Gasteiger partial charge in [-0.1, -0.05) is 23.2 Å². The highest BCUT2D eigenvalue weighted by Gasteiger charge is 2.23. The molecule has 2 nitrogen and oxygen atoms in total. The summed E-state index contributed by atoms with van der Waals surface area (Å²) in [4.78, 5) is 5.93. The minimum Gasteiger partial charge on any atom is -0.357 e. The third-order valence-electron chi connectivity index (χ3n) is 3.76. The predicted octanol–water partition coefficient (Wildman–Crippen LogP) is 4.24. The molecular formula is C14H16Cl2N2. The second-order valence-corrected chi connectivity index (χ2v) is 6.05. The van der Waals surface area contributed by atoms with Crippen LogP contribution in [0.3, 0.4) is 0 Å². The lowest BCUT2D eigenvalue weighted by Crippen LogP contribution is -2.35. The molecule has 0 unspecified atom stereocenters. The summed E-state index contributed by atoms with van der Waals surface area (Å²) in [6, 6.07) is 4.38. The largest absolute Gasteiger partial charge is 0.357 e. The summed E-state index contributed by atoms with van der Waals surface area (Å²) in [5, 5.41) is 2.59. The van der Waals surface area contributed by atoms with E-state index >= 15 is 0 Å². The molecule has 1 N–H and O–H groups in total. The minimum absolute atomic E-state index is 0.567. The van der Waals surface area contributed by atoms with Crippen molar-refractivity contribution in [3.63, 3.8) is 0 Å². The maximum atomic E-state index is 6.25. The summed E-state index contributed by atoms with van der Waals surface area (Å²) >= 11 is 12.4. The molecule has 1 aliphatic rings. The summed E-state index contributed by atoms with van der Waals surface area (Å²) < 4.78 is 0. The van der Waals surface area contributed by atoms with Gasteiger partial charge in [-0.3, -0.25) is 4.90 Å². The van der Waals surface area contributed by atoms with Gasteiger partial charge in [0.1, 0.15) is 0 Å². The lowest BCUT2D eigenvalue weighted by molar-refractivity contribution is 0.203. The summed E-state index contributed by atoms with van der Waals surface area (Å²) in [7, 11) is 0. The van der Waals surface area contributed by atoms with Gasteiger partial charge in [0.2, 0.25) is 0 Å². The minimum atomic E-state index is 0.567. The van der Waals surface area contributed by atoms with Gasteiger partial charge in [-0.2, -0.15) is 0 Å². The number of halogens is 2. The molecule has 0 aliphatic carbocycles. The van der Waals surface area contributed by atoms with Gasteiger partial charge < -0.3 is 4.98 Å². The van der Waals surface area contributed by atoms with Crippen LogP contribution in [0.5, 0.6) is 0 Å². The Kier molecular flexibility index (Phi) is 3.05. The van der Waals surface area contributed by atoms with E-state index in [0.717, 1.165) is 25.0 Å². The molecule has 4 heteroatoms. The van der Waals surface area contributed by atoms with Crippen molar-refractivity contribution in [1.29, 1.82) is 0 Å². The van der Waals surface area contributed by atoms with Crippen LogP contribution < -0.4 is 0 Å². The molecule has 18 heavy (non-hydrogen) atoms. The van der Waals surface area contributed by atoms with Crippen LogP contribution in [0, 0.1) is 0 Å². The third kappa shape index (κ3) is 1.93. The van der Waals surface area contributed by atoms with Crippen LogP contribution in [0.1, 0.15) is 25.1 Å². The van der Waals surface area contributed by atoms with Crippen LogP contribution in [-0.4, -0.2) is 22.5 Å². The molecule has 0 saturated carbocycles. The number of aromatic nitrogens is 1. The Hall–Kier alpha value is -0.700. The van der Waals surface area contributed by atoms with E-state index in [-0.39, 0.29) is 0 Å². The van der Waals surface area contributed by atoms with E-state index in [4.69, 9.17) is 23.2 Å². The molecule has 1 aromatic heterocycles. The Morgan fingerprint density at radius 1 is 1.28 bits per heavy atom. The van der Waals surface area contributed by atoms with Gasteiger partial charge in [0.05, 0.1) is 10.5 Å². The average Bonchev–Trinajstić information content (AvgIpc) is 2.67. The van der Waals surface area contributed by atoms with Crippen LogP contribution in [0.4, 0.5) is 0 Å². The molecule has 0 saturated heterocycles. The number of hydrogen-bond acceptors (Lipinski definition) is 1. The van der Waals surface area contributed by atoms with Gasteiger partial charge in [-0.05, 0) is 31.5 Å². The van der Waals surface area contributed by atoms with Gasteiger partial charge >= 0.3 is 0 Å². The van der Waals surface area contributed by atoms with Crippen LogP contribution in [0.25, 0.3) is 10.9 Å². The Morgan fingerprint density at radius 3 is 2.78 bits per heavy atom. The van der Waals surface area contributed by atoms with Crippen LogP contribution in [-0.2, 0) is 13.0 Å². The van der Waals surface area contributed by atoms with E-state index in [1.165, 1.54) is 16.6 Å². The third-order valence-corrected chi connectivity index (χ3v) is 4.28. The standard InChI is InChI=1S/C14H16Cl2N2/c1-8(2)18-4-3-13-11(7-18)10-5-9(15)6-12(16)14(10)17-13/h5-6,8,17H,3-4,7H2,1-2H3. The summed E-state index contributed by atoms with van der Waals surface area (Å²) in [5.74, 6) is 0. The Morgan fingerprint density at radius 2 is 2.06 bits per heavy atom. The van der Waals surface area contributed by atoms with Crippen molar-refractivity contribution in [1.82, 2.24) is 9.88 Å². The fourth-order valence-corrected chi connectivity index (χ4v) is 3.24. The Bertz CT molecular complexity index is 601. The second-order valence-electron chi connectivity index (χ2n) is 5.21. The smallest absolute Gasteiger partial charge is 0.0662 e. The quantitative estimate of drug-likeness (QED) is 0.829.